The zero-order valence-electron chi connectivity index (χ0n) is 13.0. The average Bonchev–Trinajstić information content (AvgIpc) is 3.14. The van der Waals surface area contributed by atoms with Crippen LogP contribution in [0.15, 0.2) is 16.9 Å². The summed E-state index contributed by atoms with van der Waals surface area (Å²) in [7, 11) is 0. The molecular weight excluding hydrogens is 351 g/mol. The minimum absolute atomic E-state index is 0.0590. The van der Waals surface area contributed by atoms with Crippen LogP contribution in [0.3, 0.4) is 0 Å². The summed E-state index contributed by atoms with van der Waals surface area (Å²) >= 11 is 12.4. The van der Waals surface area contributed by atoms with Gasteiger partial charge in [-0.05, 0) is 44.5 Å². The highest BCUT2D eigenvalue weighted by Crippen LogP contribution is 2.42. The Labute approximate surface area is 149 Å². The van der Waals surface area contributed by atoms with Crippen molar-refractivity contribution in [2.45, 2.75) is 37.8 Å². The van der Waals surface area contributed by atoms with Crippen molar-refractivity contribution in [3.8, 4) is 5.75 Å². The number of phenolic OH excluding ortho intramolecular Hbond substituents is 1. The summed E-state index contributed by atoms with van der Waals surface area (Å²) in [4.78, 5) is 12.9. The lowest BCUT2D eigenvalue weighted by Gasteiger charge is -2.22. The van der Waals surface area contributed by atoms with Gasteiger partial charge in [0.1, 0.15) is 11.6 Å². The van der Waals surface area contributed by atoms with E-state index < -0.39 is 0 Å². The lowest BCUT2D eigenvalue weighted by molar-refractivity contribution is 0.329. The Morgan fingerprint density at radius 1 is 1.21 bits per heavy atom. The van der Waals surface area contributed by atoms with Gasteiger partial charge in [-0.25, -0.2) is 9.48 Å². The average molecular weight is 369 g/mol. The molecule has 1 aromatic carbocycles. The standard InChI is InChI=1S/C16H18Cl2N4O2/c17-10-1-3-12(23)14(15(10)18)11-2-4-13-20-22(16(24)21(11)13)9-5-7-19-8-6-9/h1,3,9,11,19,23H,2,4-8H2. The first-order chi connectivity index (χ1) is 11.6. The highest BCUT2D eigenvalue weighted by Gasteiger charge is 2.34. The SMILES string of the molecule is O=c1n(C2CCNCC2)nc2n1C(c1c(O)ccc(Cl)c1Cl)CC2. The Balaban J connectivity index is 1.79. The number of hydrogen-bond donors (Lipinski definition) is 2. The third kappa shape index (κ3) is 2.44. The Kier molecular flexibility index (Phi) is 4.06. The number of aromatic hydroxyl groups is 1. The van der Waals surface area contributed by atoms with E-state index in [9.17, 15) is 9.90 Å². The van der Waals surface area contributed by atoms with Crippen LogP contribution < -0.4 is 11.0 Å². The fourth-order valence-electron chi connectivity index (χ4n) is 3.75. The molecular formula is C16H18Cl2N4O2. The lowest BCUT2D eigenvalue weighted by Crippen LogP contribution is -2.36. The largest absolute Gasteiger partial charge is 0.508 e. The molecule has 1 saturated heterocycles. The molecule has 128 valence electrons. The number of rotatable bonds is 2. The van der Waals surface area contributed by atoms with Crippen LogP contribution in [-0.2, 0) is 6.42 Å². The number of fused-ring (bicyclic) bond motifs is 1. The number of piperidine rings is 1. The van der Waals surface area contributed by atoms with Crippen LogP contribution in [0.1, 0.15) is 42.7 Å². The first-order valence-electron chi connectivity index (χ1n) is 8.15. The van der Waals surface area contributed by atoms with Gasteiger partial charge in [-0.15, -0.1) is 0 Å². The number of nitrogens with one attached hydrogen (secondary N) is 1. The molecule has 3 heterocycles. The molecule has 1 aromatic heterocycles. The highest BCUT2D eigenvalue weighted by molar-refractivity contribution is 6.42. The first kappa shape index (κ1) is 16.0. The smallest absolute Gasteiger partial charge is 0.346 e. The quantitative estimate of drug-likeness (QED) is 0.854. The van der Waals surface area contributed by atoms with Crippen LogP contribution in [0.5, 0.6) is 5.75 Å². The molecule has 0 saturated carbocycles. The van der Waals surface area contributed by atoms with E-state index in [0.717, 1.165) is 31.8 Å². The topological polar surface area (TPSA) is 72.1 Å². The molecule has 0 amide bonds. The van der Waals surface area contributed by atoms with E-state index in [1.807, 2.05) is 0 Å². The zero-order valence-corrected chi connectivity index (χ0v) is 14.5. The Morgan fingerprint density at radius 2 is 1.96 bits per heavy atom. The van der Waals surface area contributed by atoms with Gasteiger partial charge in [-0.2, -0.15) is 5.10 Å². The van der Waals surface area contributed by atoms with E-state index in [0.29, 0.717) is 28.5 Å². The van der Waals surface area contributed by atoms with Gasteiger partial charge >= 0.3 is 5.69 Å². The summed E-state index contributed by atoms with van der Waals surface area (Å²) in [6.07, 6.45) is 3.15. The number of hydrogen-bond acceptors (Lipinski definition) is 4. The number of benzene rings is 1. The summed E-state index contributed by atoms with van der Waals surface area (Å²) in [5, 5.41) is 18.8. The van der Waals surface area contributed by atoms with Crippen molar-refractivity contribution in [1.29, 1.82) is 0 Å². The van der Waals surface area contributed by atoms with Gasteiger partial charge in [0.2, 0.25) is 0 Å². The Morgan fingerprint density at radius 3 is 2.71 bits per heavy atom. The molecule has 24 heavy (non-hydrogen) atoms. The lowest BCUT2D eigenvalue weighted by atomic mass is 10.0. The van der Waals surface area contributed by atoms with Crippen LogP contribution in [0.25, 0.3) is 0 Å². The van der Waals surface area contributed by atoms with Gasteiger partial charge in [0.05, 0.1) is 22.1 Å². The summed E-state index contributed by atoms with van der Waals surface area (Å²) in [6.45, 7) is 1.78. The van der Waals surface area contributed by atoms with Crippen molar-refractivity contribution >= 4 is 23.2 Å². The number of phenols is 1. The monoisotopic (exact) mass is 368 g/mol. The summed E-state index contributed by atoms with van der Waals surface area (Å²) < 4.78 is 3.27. The van der Waals surface area contributed by atoms with Crippen molar-refractivity contribution in [3.63, 3.8) is 0 Å². The third-order valence-electron chi connectivity index (χ3n) is 4.95. The Hall–Kier alpha value is -1.50. The van der Waals surface area contributed by atoms with Crippen molar-refractivity contribution in [2.24, 2.45) is 0 Å². The molecule has 2 aliphatic heterocycles. The molecule has 0 aliphatic carbocycles. The summed E-state index contributed by atoms with van der Waals surface area (Å²) in [6, 6.07) is 2.87. The van der Waals surface area contributed by atoms with E-state index in [1.54, 1.807) is 15.3 Å². The van der Waals surface area contributed by atoms with E-state index >= 15 is 0 Å². The number of nitrogens with zero attached hydrogens (tertiary/aromatic N) is 3. The van der Waals surface area contributed by atoms with E-state index in [4.69, 9.17) is 23.2 Å². The minimum atomic E-state index is -0.325. The van der Waals surface area contributed by atoms with Gasteiger partial charge in [0.25, 0.3) is 0 Å². The molecule has 2 N–H and O–H groups in total. The maximum atomic E-state index is 12.9. The highest BCUT2D eigenvalue weighted by atomic mass is 35.5. The van der Waals surface area contributed by atoms with Crippen molar-refractivity contribution < 1.29 is 5.11 Å². The fraction of sp³-hybridized carbons (Fsp3) is 0.500. The van der Waals surface area contributed by atoms with E-state index in [2.05, 4.69) is 10.4 Å². The maximum Gasteiger partial charge on any atom is 0.346 e. The second-order valence-electron chi connectivity index (χ2n) is 6.34. The van der Waals surface area contributed by atoms with Gasteiger partial charge < -0.3 is 10.4 Å². The molecule has 2 aliphatic rings. The molecule has 2 aromatic rings. The second kappa shape index (κ2) is 6.10. The normalized spacial score (nSPS) is 21.2. The minimum Gasteiger partial charge on any atom is -0.508 e. The predicted octanol–water partition coefficient (Wildman–Crippen LogP) is 2.52. The number of halogens is 2. The van der Waals surface area contributed by atoms with E-state index in [-0.39, 0.29) is 23.5 Å². The molecule has 0 bridgehead atoms. The molecule has 4 rings (SSSR count). The summed E-state index contributed by atoms with van der Waals surface area (Å²) in [5.74, 6) is 0.808. The van der Waals surface area contributed by atoms with Gasteiger partial charge in [0.15, 0.2) is 0 Å². The zero-order chi connectivity index (χ0) is 16.8. The molecule has 6 nitrogen and oxygen atoms in total. The van der Waals surface area contributed by atoms with Gasteiger partial charge in [-0.1, -0.05) is 23.2 Å². The predicted molar refractivity (Wildman–Crippen MR) is 92.2 cm³/mol. The van der Waals surface area contributed by atoms with Crippen LogP contribution in [0, 0.1) is 0 Å². The van der Waals surface area contributed by atoms with Crippen LogP contribution >= 0.6 is 23.2 Å². The van der Waals surface area contributed by atoms with Crippen molar-refractivity contribution in [3.05, 3.63) is 44.1 Å². The van der Waals surface area contributed by atoms with Gasteiger partial charge in [0, 0.05) is 12.0 Å². The fourth-order valence-corrected chi connectivity index (χ4v) is 4.20. The van der Waals surface area contributed by atoms with E-state index in [1.165, 1.54) is 6.07 Å². The van der Waals surface area contributed by atoms with Crippen molar-refractivity contribution in [2.75, 3.05) is 13.1 Å². The third-order valence-corrected chi connectivity index (χ3v) is 5.77. The molecule has 8 heteroatoms. The molecule has 1 atom stereocenters. The molecule has 0 radical (unpaired) electrons. The molecule has 1 fully saturated rings. The Bertz CT molecular complexity index is 839. The van der Waals surface area contributed by atoms with Crippen molar-refractivity contribution in [1.82, 2.24) is 19.7 Å². The maximum absolute atomic E-state index is 12.9. The van der Waals surface area contributed by atoms with Crippen LogP contribution in [-0.4, -0.2) is 32.5 Å². The number of aromatic nitrogens is 3. The first-order valence-corrected chi connectivity index (χ1v) is 8.91. The van der Waals surface area contributed by atoms with Crippen LogP contribution in [0.2, 0.25) is 10.0 Å². The summed E-state index contributed by atoms with van der Waals surface area (Å²) in [5.41, 5.74) is 0.379. The number of aryl methyl sites for hydroxylation is 1. The van der Waals surface area contributed by atoms with Gasteiger partial charge in [-0.3, -0.25) is 4.57 Å². The molecule has 1 unspecified atom stereocenters. The second-order valence-corrected chi connectivity index (χ2v) is 7.13. The molecule has 0 spiro atoms. The van der Waals surface area contributed by atoms with Crippen LogP contribution in [0.4, 0.5) is 0 Å².